The number of hydrogen-bond donors (Lipinski definition) is 2. The third kappa shape index (κ3) is 1.44. The predicted octanol–water partition coefficient (Wildman–Crippen LogP) is 0.713. The molecule has 0 radical (unpaired) electrons. The van der Waals surface area contributed by atoms with Gasteiger partial charge in [0.05, 0.1) is 5.60 Å². The molecule has 0 aromatic carbocycles. The quantitative estimate of drug-likeness (QED) is 0.706. The number of nitrogens with two attached hydrogens (primary N) is 1. The summed E-state index contributed by atoms with van der Waals surface area (Å²) >= 11 is 0. The highest BCUT2D eigenvalue weighted by Crippen LogP contribution is 2.52. The fraction of sp³-hybridized carbons (Fsp3) is 1.00. The number of piperidine rings is 1. The minimum atomic E-state index is -0.572. The molecule has 2 saturated carbocycles. The van der Waals surface area contributed by atoms with Crippen LogP contribution in [0.1, 0.15) is 39.0 Å². The van der Waals surface area contributed by atoms with Crippen LogP contribution >= 0.6 is 0 Å². The van der Waals surface area contributed by atoms with E-state index in [2.05, 4.69) is 11.8 Å². The molecule has 86 valence electrons. The van der Waals surface area contributed by atoms with Gasteiger partial charge in [-0.2, -0.15) is 0 Å². The van der Waals surface area contributed by atoms with Gasteiger partial charge < -0.3 is 15.7 Å². The van der Waals surface area contributed by atoms with Gasteiger partial charge in [-0.3, -0.25) is 0 Å². The molecule has 0 bridgehead atoms. The molecule has 2 unspecified atom stereocenters. The van der Waals surface area contributed by atoms with Crippen LogP contribution in [0.15, 0.2) is 0 Å². The molecule has 0 spiro atoms. The van der Waals surface area contributed by atoms with Gasteiger partial charge in [0.1, 0.15) is 0 Å². The predicted molar refractivity (Wildman–Crippen MR) is 59.5 cm³/mol. The van der Waals surface area contributed by atoms with Crippen LogP contribution in [0.4, 0.5) is 0 Å². The van der Waals surface area contributed by atoms with Crippen LogP contribution in [0.2, 0.25) is 0 Å². The second kappa shape index (κ2) is 2.96. The highest BCUT2D eigenvalue weighted by Gasteiger charge is 2.62. The number of aliphatic hydroxyl groups is 1. The largest absolute Gasteiger partial charge is 0.388 e. The Bertz CT molecular complexity index is 269. The van der Waals surface area contributed by atoms with Crippen molar-refractivity contribution in [3.63, 3.8) is 0 Å². The zero-order chi connectivity index (χ0) is 10.7. The van der Waals surface area contributed by atoms with Gasteiger partial charge in [-0.25, -0.2) is 0 Å². The average Bonchev–Trinajstić information content (AvgIpc) is 3.08. The number of likely N-dealkylation sites (tertiary alicyclic amines) is 1. The highest BCUT2D eigenvalue weighted by molar-refractivity contribution is 5.19. The summed E-state index contributed by atoms with van der Waals surface area (Å²) in [7, 11) is 0. The first-order valence-corrected chi connectivity index (χ1v) is 6.30. The SMILES string of the molecule is CC1CC1(N)C1(O)CCN(C2CC2)CC1. The summed E-state index contributed by atoms with van der Waals surface area (Å²) in [6.45, 7) is 4.25. The van der Waals surface area contributed by atoms with Crippen molar-refractivity contribution in [2.75, 3.05) is 13.1 Å². The minimum absolute atomic E-state index is 0.261. The summed E-state index contributed by atoms with van der Waals surface area (Å²) in [5, 5.41) is 10.6. The van der Waals surface area contributed by atoms with Gasteiger partial charge in [-0.15, -0.1) is 0 Å². The summed E-state index contributed by atoms with van der Waals surface area (Å²) in [4.78, 5) is 2.53. The van der Waals surface area contributed by atoms with E-state index in [1.165, 1.54) is 12.8 Å². The Morgan fingerprint density at radius 3 is 2.20 bits per heavy atom. The Hall–Kier alpha value is -0.120. The Kier molecular flexibility index (Phi) is 1.99. The second-order valence-electron chi connectivity index (χ2n) is 5.94. The van der Waals surface area contributed by atoms with Gasteiger partial charge in [-0.05, 0) is 38.0 Å². The first-order valence-electron chi connectivity index (χ1n) is 6.30. The molecule has 2 aliphatic carbocycles. The molecular weight excluding hydrogens is 188 g/mol. The first-order chi connectivity index (χ1) is 7.05. The normalized spacial score (nSPS) is 45.4. The van der Waals surface area contributed by atoms with E-state index in [1.807, 2.05) is 0 Å². The van der Waals surface area contributed by atoms with E-state index in [0.29, 0.717) is 5.92 Å². The fourth-order valence-corrected chi connectivity index (χ4v) is 3.26. The van der Waals surface area contributed by atoms with E-state index >= 15 is 0 Å². The zero-order valence-corrected chi connectivity index (χ0v) is 9.58. The molecule has 3 heteroatoms. The van der Waals surface area contributed by atoms with Gasteiger partial charge in [0.15, 0.2) is 0 Å². The van der Waals surface area contributed by atoms with E-state index in [4.69, 9.17) is 5.73 Å². The van der Waals surface area contributed by atoms with Crippen molar-refractivity contribution >= 4 is 0 Å². The lowest BCUT2D eigenvalue weighted by molar-refractivity contribution is -0.0544. The third-order valence-electron chi connectivity index (χ3n) is 4.92. The lowest BCUT2D eigenvalue weighted by Crippen LogP contribution is -2.57. The maximum absolute atomic E-state index is 10.6. The molecule has 3 nitrogen and oxygen atoms in total. The van der Waals surface area contributed by atoms with Crippen molar-refractivity contribution in [2.45, 2.75) is 56.2 Å². The molecule has 0 aromatic rings. The van der Waals surface area contributed by atoms with Crippen LogP contribution in [-0.4, -0.2) is 40.3 Å². The number of nitrogens with zero attached hydrogens (tertiary/aromatic N) is 1. The molecule has 1 saturated heterocycles. The summed E-state index contributed by atoms with van der Waals surface area (Å²) in [5.41, 5.74) is 5.43. The number of hydrogen-bond acceptors (Lipinski definition) is 3. The van der Waals surface area contributed by atoms with Crippen LogP contribution in [0.25, 0.3) is 0 Å². The van der Waals surface area contributed by atoms with E-state index < -0.39 is 5.60 Å². The maximum atomic E-state index is 10.6. The Balaban J connectivity index is 1.64. The van der Waals surface area contributed by atoms with Gasteiger partial charge in [-0.1, -0.05) is 6.92 Å². The summed E-state index contributed by atoms with van der Waals surface area (Å²) in [6.07, 6.45) is 5.49. The van der Waals surface area contributed by atoms with Crippen LogP contribution in [0.5, 0.6) is 0 Å². The second-order valence-corrected chi connectivity index (χ2v) is 5.94. The maximum Gasteiger partial charge on any atom is 0.0853 e. The molecule has 1 aliphatic heterocycles. The Labute approximate surface area is 91.6 Å². The highest BCUT2D eigenvalue weighted by atomic mass is 16.3. The minimum Gasteiger partial charge on any atom is -0.388 e. The molecule has 2 atom stereocenters. The summed E-state index contributed by atoms with van der Waals surface area (Å²) < 4.78 is 0. The molecule has 0 aromatic heterocycles. The monoisotopic (exact) mass is 210 g/mol. The molecule has 0 amide bonds. The lowest BCUT2D eigenvalue weighted by atomic mass is 9.81. The molecule has 1 heterocycles. The lowest BCUT2D eigenvalue weighted by Gasteiger charge is -2.42. The van der Waals surface area contributed by atoms with E-state index in [0.717, 1.165) is 38.4 Å². The smallest absolute Gasteiger partial charge is 0.0853 e. The molecular formula is C12H22N2O. The third-order valence-corrected chi connectivity index (χ3v) is 4.92. The summed E-state index contributed by atoms with van der Waals surface area (Å²) in [5.74, 6) is 0.509. The zero-order valence-electron chi connectivity index (χ0n) is 9.58. The van der Waals surface area contributed by atoms with Crippen molar-refractivity contribution < 1.29 is 5.11 Å². The van der Waals surface area contributed by atoms with Gasteiger partial charge in [0.25, 0.3) is 0 Å². The Morgan fingerprint density at radius 2 is 1.80 bits per heavy atom. The van der Waals surface area contributed by atoms with Crippen LogP contribution in [0.3, 0.4) is 0 Å². The van der Waals surface area contributed by atoms with Crippen molar-refractivity contribution in [1.82, 2.24) is 4.90 Å². The van der Waals surface area contributed by atoms with Gasteiger partial charge in [0, 0.05) is 24.7 Å². The Morgan fingerprint density at radius 1 is 1.27 bits per heavy atom. The molecule has 3 fully saturated rings. The van der Waals surface area contributed by atoms with Crippen molar-refractivity contribution in [3.8, 4) is 0 Å². The van der Waals surface area contributed by atoms with Gasteiger partial charge >= 0.3 is 0 Å². The van der Waals surface area contributed by atoms with E-state index in [-0.39, 0.29) is 5.54 Å². The standard InChI is InChI=1S/C12H22N2O/c1-9-8-12(9,13)11(15)4-6-14(7-5-11)10-2-3-10/h9-10,15H,2-8,13H2,1H3. The van der Waals surface area contributed by atoms with Crippen LogP contribution in [0, 0.1) is 5.92 Å². The van der Waals surface area contributed by atoms with Crippen molar-refractivity contribution in [1.29, 1.82) is 0 Å². The molecule has 3 N–H and O–H groups in total. The van der Waals surface area contributed by atoms with E-state index in [1.54, 1.807) is 0 Å². The van der Waals surface area contributed by atoms with Crippen LogP contribution in [-0.2, 0) is 0 Å². The van der Waals surface area contributed by atoms with Crippen LogP contribution < -0.4 is 5.73 Å². The van der Waals surface area contributed by atoms with Gasteiger partial charge in [0.2, 0.25) is 0 Å². The topological polar surface area (TPSA) is 49.5 Å². The fourth-order valence-electron chi connectivity index (χ4n) is 3.26. The number of rotatable bonds is 2. The molecule has 3 aliphatic rings. The van der Waals surface area contributed by atoms with Crippen molar-refractivity contribution in [3.05, 3.63) is 0 Å². The molecule has 15 heavy (non-hydrogen) atoms. The van der Waals surface area contributed by atoms with E-state index in [9.17, 15) is 5.11 Å². The molecule has 3 rings (SSSR count). The first kappa shape index (κ1) is 10.1. The summed E-state index contributed by atoms with van der Waals surface area (Å²) in [6, 6.07) is 0.833. The van der Waals surface area contributed by atoms with Crippen molar-refractivity contribution in [2.24, 2.45) is 11.7 Å². The average molecular weight is 210 g/mol.